The Balaban J connectivity index is 2.09. The minimum Gasteiger partial charge on any atom is -0.396 e. The summed E-state index contributed by atoms with van der Waals surface area (Å²) < 4.78 is 3.18. The smallest absolute Gasteiger partial charge is 0.278 e. The maximum atomic E-state index is 12.4. The van der Waals surface area contributed by atoms with Crippen molar-refractivity contribution in [1.82, 2.24) is 19.2 Å². The van der Waals surface area contributed by atoms with E-state index in [1.807, 2.05) is 4.40 Å². The second kappa shape index (κ2) is 3.94. The van der Waals surface area contributed by atoms with E-state index in [1.165, 1.54) is 4.68 Å². The van der Waals surface area contributed by atoms with Crippen LogP contribution in [0.1, 0.15) is 21.7 Å². The Morgan fingerprint density at radius 1 is 1.37 bits per heavy atom. The predicted octanol–water partition coefficient (Wildman–Crippen LogP) is 1.42. The van der Waals surface area contributed by atoms with Crippen LogP contribution >= 0.6 is 0 Å². The number of imidazole rings is 1. The van der Waals surface area contributed by atoms with Crippen molar-refractivity contribution < 1.29 is 4.79 Å². The number of fused-ring (bicyclic) bond motifs is 1. The molecule has 2 N–H and O–H groups in total. The summed E-state index contributed by atoms with van der Waals surface area (Å²) in [4.78, 5) is 16.4. The molecule has 6 nitrogen and oxygen atoms in total. The second-order valence-electron chi connectivity index (χ2n) is 4.44. The number of hydrogen-bond donors (Lipinski definition) is 1. The van der Waals surface area contributed by atoms with Crippen LogP contribution in [0.5, 0.6) is 0 Å². The van der Waals surface area contributed by atoms with Crippen molar-refractivity contribution in [2.24, 2.45) is 0 Å². The topological polar surface area (TPSA) is 78.2 Å². The summed E-state index contributed by atoms with van der Waals surface area (Å²) in [5.41, 5.74) is 9.14. The van der Waals surface area contributed by atoms with Gasteiger partial charge in [0.1, 0.15) is 0 Å². The van der Waals surface area contributed by atoms with Gasteiger partial charge in [-0.25, -0.2) is 4.98 Å². The first-order valence-electron chi connectivity index (χ1n) is 5.86. The van der Waals surface area contributed by atoms with Gasteiger partial charge in [0.25, 0.3) is 5.91 Å². The molecule has 0 aliphatic heterocycles. The monoisotopic (exact) mass is 255 g/mol. The van der Waals surface area contributed by atoms with Crippen molar-refractivity contribution >= 4 is 17.1 Å². The largest absolute Gasteiger partial charge is 0.396 e. The van der Waals surface area contributed by atoms with E-state index in [2.05, 4.69) is 10.1 Å². The summed E-state index contributed by atoms with van der Waals surface area (Å²) in [5.74, 6) is -0.194. The van der Waals surface area contributed by atoms with Gasteiger partial charge in [0, 0.05) is 11.8 Å². The highest BCUT2D eigenvalue weighted by atomic mass is 16.2. The third kappa shape index (κ3) is 1.69. The van der Waals surface area contributed by atoms with Crippen molar-refractivity contribution in [3.8, 4) is 0 Å². The van der Waals surface area contributed by atoms with Gasteiger partial charge in [-0.15, -0.1) is 0 Å². The number of anilines is 1. The molecular formula is C13H13N5O. The van der Waals surface area contributed by atoms with Gasteiger partial charge in [-0.2, -0.15) is 9.78 Å². The molecule has 0 saturated carbocycles. The lowest BCUT2D eigenvalue weighted by atomic mass is 10.2. The third-order valence-corrected chi connectivity index (χ3v) is 3.20. The molecule has 0 fully saturated rings. The van der Waals surface area contributed by atoms with E-state index in [-0.39, 0.29) is 5.91 Å². The van der Waals surface area contributed by atoms with Gasteiger partial charge >= 0.3 is 0 Å². The Labute approximate surface area is 109 Å². The number of nitrogen functional groups attached to an aromatic ring is 1. The molecule has 3 aromatic rings. The zero-order valence-corrected chi connectivity index (χ0v) is 10.7. The number of aromatic nitrogens is 4. The highest BCUT2D eigenvalue weighted by Gasteiger charge is 2.16. The molecule has 96 valence electrons. The molecule has 0 aromatic carbocycles. The van der Waals surface area contributed by atoms with Gasteiger partial charge in [-0.3, -0.25) is 4.79 Å². The maximum Gasteiger partial charge on any atom is 0.278 e. The molecule has 0 atom stereocenters. The van der Waals surface area contributed by atoms with Crippen LogP contribution in [0, 0.1) is 13.8 Å². The molecule has 3 aromatic heterocycles. The number of pyridine rings is 1. The molecule has 6 heteroatoms. The van der Waals surface area contributed by atoms with Crippen LogP contribution in [-0.4, -0.2) is 25.1 Å². The molecule has 0 amide bonds. The lowest BCUT2D eigenvalue weighted by molar-refractivity contribution is 0.0942. The first kappa shape index (κ1) is 11.5. The van der Waals surface area contributed by atoms with Crippen LogP contribution in [0.25, 0.3) is 5.52 Å². The molecule has 19 heavy (non-hydrogen) atoms. The number of carbonyl (C=O) groups excluding carboxylic acids is 1. The lowest BCUT2D eigenvalue weighted by Gasteiger charge is -2.04. The van der Waals surface area contributed by atoms with Crippen molar-refractivity contribution in [1.29, 1.82) is 0 Å². The van der Waals surface area contributed by atoms with Crippen molar-refractivity contribution in [3.05, 3.63) is 47.8 Å². The van der Waals surface area contributed by atoms with Crippen molar-refractivity contribution in [2.75, 3.05) is 5.73 Å². The molecule has 0 aliphatic rings. The number of carbonyl (C=O) groups is 1. The standard InChI is InChI=1S/C13H13N5O/c1-8-12(14)9(2)18(16-8)13(19)10-3-4-17-7-15-6-11(17)5-10/h3-7H,14H2,1-2H3. The fraction of sp³-hybridized carbons (Fsp3) is 0.154. The van der Waals surface area contributed by atoms with Crippen molar-refractivity contribution in [2.45, 2.75) is 13.8 Å². The number of nitrogens with zero attached hydrogens (tertiary/aromatic N) is 4. The van der Waals surface area contributed by atoms with Gasteiger partial charge in [-0.1, -0.05) is 0 Å². The lowest BCUT2D eigenvalue weighted by Crippen LogP contribution is -2.15. The molecule has 0 radical (unpaired) electrons. The Morgan fingerprint density at radius 3 is 2.84 bits per heavy atom. The number of hydrogen-bond acceptors (Lipinski definition) is 4. The fourth-order valence-electron chi connectivity index (χ4n) is 2.03. The molecule has 3 rings (SSSR count). The summed E-state index contributed by atoms with van der Waals surface area (Å²) in [6.07, 6.45) is 5.18. The Kier molecular flexibility index (Phi) is 2.38. The average Bonchev–Trinajstić information content (AvgIpc) is 2.97. The highest BCUT2D eigenvalue weighted by molar-refractivity contribution is 5.97. The Hall–Kier alpha value is -2.63. The van der Waals surface area contributed by atoms with E-state index in [1.54, 1.807) is 44.7 Å². The summed E-state index contributed by atoms with van der Waals surface area (Å²) in [5, 5.41) is 4.17. The van der Waals surface area contributed by atoms with Crippen LogP contribution in [-0.2, 0) is 0 Å². The summed E-state index contributed by atoms with van der Waals surface area (Å²) in [6, 6.07) is 3.52. The minimum absolute atomic E-state index is 0.194. The van der Waals surface area contributed by atoms with E-state index < -0.39 is 0 Å². The van der Waals surface area contributed by atoms with Crippen LogP contribution in [0.4, 0.5) is 5.69 Å². The molecule has 0 aliphatic carbocycles. The van der Waals surface area contributed by atoms with E-state index in [9.17, 15) is 4.79 Å². The van der Waals surface area contributed by atoms with Gasteiger partial charge in [0.15, 0.2) is 0 Å². The zero-order valence-electron chi connectivity index (χ0n) is 10.7. The molecule has 0 saturated heterocycles. The SMILES string of the molecule is Cc1nn(C(=O)c2ccn3cncc3c2)c(C)c1N. The number of aryl methyl sites for hydroxylation is 1. The van der Waals surface area contributed by atoms with E-state index in [4.69, 9.17) is 5.73 Å². The first-order valence-corrected chi connectivity index (χ1v) is 5.86. The molecule has 0 bridgehead atoms. The van der Waals surface area contributed by atoms with Gasteiger partial charge in [0.2, 0.25) is 0 Å². The highest BCUT2D eigenvalue weighted by Crippen LogP contribution is 2.17. The predicted molar refractivity (Wildman–Crippen MR) is 71.0 cm³/mol. The fourth-order valence-corrected chi connectivity index (χ4v) is 2.03. The van der Waals surface area contributed by atoms with Crippen LogP contribution < -0.4 is 5.73 Å². The average molecular weight is 255 g/mol. The Bertz CT molecular complexity index is 784. The van der Waals surface area contributed by atoms with Gasteiger partial charge in [-0.05, 0) is 26.0 Å². The molecular weight excluding hydrogens is 242 g/mol. The maximum absolute atomic E-state index is 12.4. The third-order valence-electron chi connectivity index (χ3n) is 3.20. The van der Waals surface area contributed by atoms with Crippen LogP contribution in [0.3, 0.4) is 0 Å². The summed E-state index contributed by atoms with van der Waals surface area (Å²) in [6.45, 7) is 3.57. The molecule has 0 unspecified atom stereocenters. The minimum atomic E-state index is -0.194. The van der Waals surface area contributed by atoms with Gasteiger partial charge in [0.05, 0.1) is 35.1 Å². The van der Waals surface area contributed by atoms with E-state index in [0.717, 1.165) is 5.52 Å². The van der Waals surface area contributed by atoms with E-state index in [0.29, 0.717) is 22.6 Å². The quantitative estimate of drug-likeness (QED) is 0.713. The van der Waals surface area contributed by atoms with Crippen molar-refractivity contribution in [3.63, 3.8) is 0 Å². The normalized spacial score (nSPS) is 11.1. The second-order valence-corrected chi connectivity index (χ2v) is 4.44. The summed E-state index contributed by atoms with van der Waals surface area (Å²) in [7, 11) is 0. The van der Waals surface area contributed by atoms with Crippen LogP contribution in [0.15, 0.2) is 30.9 Å². The first-order chi connectivity index (χ1) is 9.08. The number of nitrogens with two attached hydrogens (primary N) is 1. The molecule has 3 heterocycles. The molecule has 0 spiro atoms. The summed E-state index contributed by atoms with van der Waals surface area (Å²) >= 11 is 0. The zero-order chi connectivity index (χ0) is 13.6. The Morgan fingerprint density at radius 2 is 2.16 bits per heavy atom. The van der Waals surface area contributed by atoms with Crippen LogP contribution in [0.2, 0.25) is 0 Å². The van der Waals surface area contributed by atoms with E-state index >= 15 is 0 Å². The van der Waals surface area contributed by atoms with Gasteiger partial charge < -0.3 is 10.1 Å². The number of rotatable bonds is 1.